The highest BCUT2D eigenvalue weighted by atomic mass is 32.1. The van der Waals surface area contributed by atoms with Crippen LogP contribution in [0.25, 0.3) is 0 Å². The number of carbonyl (C=O) groups is 2. The Morgan fingerprint density at radius 1 is 1.18 bits per heavy atom. The molecular weight excluding hydrogens is 437 g/mol. The minimum atomic E-state index is -0.253. The molecule has 1 aliphatic heterocycles. The molecule has 0 saturated carbocycles. The summed E-state index contributed by atoms with van der Waals surface area (Å²) in [6, 6.07) is 14.9. The van der Waals surface area contributed by atoms with Crippen LogP contribution in [0.15, 0.2) is 53.9 Å². The SMILES string of the molecule is Cc1ccc(F)cc1Cc1csc(CNC(=O)CCC(=O)N2CCCC2c2ccccc2)n1. The Bertz CT molecular complexity index is 1120. The standard InChI is InChI=1S/C26H28FN3O2S/c1-18-9-10-21(27)14-20(18)15-22-17-33-25(29-22)16-28-24(31)11-12-26(32)30-13-5-8-23(30)19-6-3-2-4-7-19/h2-4,6-7,9-10,14,17,23H,5,8,11-13,15-16H2,1H3,(H,28,31). The normalized spacial score (nSPS) is 15.6. The molecule has 1 atom stereocenters. The van der Waals surface area contributed by atoms with E-state index in [2.05, 4.69) is 22.4 Å². The molecule has 172 valence electrons. The minimum absolute atomic E-state index is 0.0264. The predicted octanol–water partition coefficient (Wildman–Crippen LogP) is 4.94. The number of aryl methyl sites for hydroxylation is 1. The fraction of sp³-hybridized carbons (Fsp3) is 0.346. The van der Waals surface area contributed by atoms with Crippen LogP contribution in [-0.2, 0) is 22.6 Å². The molecular formula is C26H28FN3O2S. The van der Waals surface area contributed by atoms with Gasteiger partial charge in [-0.2, -0.15) is 0 Å². The summed E-state index contributed by atoms with van der Waals surface area (Å²) in [6.07, 6.45) is 2.87. The maximum atomic E-state index is 13.5. The minimum Gasteiger partial charge on any atom is -0.350 e. The lowest BCUT2D eigenvalue weighted by atomic mass is 10.0. The first kappa shape index (κ1) is 23.1. The quantitative estimate of drug-likeness (QED) is 0.513. The van der Waals surface area contributed by atoms with E-state index >= 15 is 0 Å². The lowest BCUT2D eigenvalue weighted by Gasteiger charge is -2.25. The largest absolute Gasteiger partial charge is 0.350 e. The molecule has 4 rings (SSSR count). The van der Waals surface area contributed by atoms with Gasteiger partial charge < -0.3 is 10.2 Å². The Labute approximate surface area is 197 Å². The van der Waals surface area contributed by atoms with Gasteiger partial charge in [-0.05, 0) is 48.6 Å². The molecule has 1 aliphatic rings. The van der Waals surface area contributed by atoms with Crippen LogP contribution >= 0.6 is 11.3 Å². The smallest absolute Gasteiger partial charge is 0.223 e. The zero-order valence-electron chi connectivity index (χ0n) is 18.7. The van der Waals surface area contributed by atoms with Crippen molar-refractivity contribution in [3.63, 3.8) is 0 Å². The van der Waals surface area contributed by atoms with Gasteiger partial charge in [0, 0.05) is 31.2 Å². The summed E-state index contributed by atoms with van der Waals surface area (Å²) in [5.74, 6) is -0.382. The molecule has 1 fully saturated rings. The molecule has 1 aromatic heterocycles. The number of halogens is 1. The van der Waals surface area contributed by atoms with Gasteiger partial charge in [0.25, 0.3) is 0 Å². The summed E-state index contributed by atoms with van der Waals surface area (Å²) in [5.41, 5.74) is 3.94. The first-order valence-electron chi connectivity index (χ1n) is 11.3. The number of amides is 2. The van der Waals surface area contributed by atoms with Crippen molar-refractivity contribution in [1.29, 1.82) is 0 Å². The van der Waals surface area contributed by atoms with E-state index in [9.17, 15) is 14.0 Å². The van der Waals surface area contributed by atoms with Gasteiger partial charge in [0.05, 0.1) is 18.3 Å². The zero-order valence-corrected chi connectivity index (χ0v) is 19.5. The Kier molecular flexibility index (Phi) is 7.50. The van der Waals surface area contributed by atoms with Crippen LogP contribution in [-0.4, -0.2) is 28.2 Å². The number of hydrogen-bond donors (Lipinski definition) is 1. The van der Waals surface area contributed by atoms with Crippen molar-refractivity contribution in [1.82, 2.24) is 15.2 Å². The third-order valence-corrected chi connectivity index (χ3v) is 6.94. The van der Waals surface area contributed by atoms with E-state index in [4.69, 9.17) is 0 Å². The molecule has 0 radical (unpaired) electrons. The van der Waals surface area contributed by atoms with Gasteiger partial charge in [-0.15, -0.1) is 11.3 Å². The Balaban J connectivity index is 1.24. The third kappa shape index (κ3) is 6.05. The summed E-state index contributed by atoms with van der Waals surface area (Å²) < 4.78 is 13.5. The number of thiazole rings is 1. The second kappa shape index (κ2) is 10.7. The number of aromatic nitrogens is 1. The summed E-state index contributed by atoms with van der Waals surface area (Å²) >= 11 is 1.47. The van der Waals surface area contributed by atoms with E-state index in [-0.39, 0.29) is 36.5 Å². The highest BCUT2D eigenvalue weighted by molar-refractivity contribution is 7.09. The number of nitrogens with zero attached hydrogens (tertiary/aromatic N) is 2. The molecule has 33 heavy (non-hydrogen) atoms. The highest BCUT2D eigenvalue weighted by Crippen LogP contribution is 2.32. The van der Waals surface area contributed by atoms with Crippen molar-refractivity contribution in [3.8, 4) is 0 Å². The molecule has 0 aliphatic carbocycles. The van der Waals surface area contributed by atoms with Crippen LogP contribution in [0, 0.1) is 12.7 Å². The zero-order chi connectivity index (χ0) is 23.2. The summed E-state index contributed by atoms with van der Waals surface area (Å²) in [7, 11) is 0. The first-order valence-corrected chi connectivity index (χ1v) is 12.2. The van der Waals surface area contributed by atoms with Crippen molar-refractivity contribution >= 4 is 23.2 Å². The lowest BCUT2D eigenvalue weighted by Crippen LogP contribution is -2.32. The van der Waals surface area contributed by atoms with Gasteiger partial charge in [0.15, 0.2) is 0 Å². The number of hydrogen-bond acceptors (Lipinski definition) is 4. The molecule has 1 saturated heterocycles. The second-order valence-corrected chi connectivity index (χ2v) is 9.36. The van der Waals surface area contributed by atoms with E-state index in [0.717, 1.165) is 46.8 Å². The summed E-state index contributed by atoms with van der Waals surface area (Å²) in [6.45, 7) is 3.02. The molecule has 0 spiro atoms. The summed E-state index contributed by atoms with van der Waals surface area (Å²) in [4.78, 5) is 31.5. The van der Waals surface area contributed by atoms with E-state index in [1.165, 1.54) is 23.5 Å². The maximum absolute atomic E-state index is 13.5. The molecule has 1 N–H and O–H groups in total. The fourth-order valence-corrected chi connectivity index (χ4v) is 4.98. The van der Waals surface area contributed by atoms with Gasteiger partial charge in [-0.25, -0.2) is 9.37 Å². The first-order chi connectivity index (χ1) is 16.0. The van der Waals surface area contributed by atoms with Gasteiger partial charge in [-0.3, -0.25) is 9.59 Å². The van der Waals surface area contributed by atoms with Crippen LogP contribution in [0.5, 0.6) is 0 Å². The van der Waals surface area contributed by atoms with Gasteiger partial charge in [0.2, 0.25) is 11.8 Å². The third-order valence-electron chi connectivity index (χ3n) is 6.04. The number of benzene rings is 2. The Hall–Kier alpha value is -3.06. The van der Waals surface area contributed by atoms with Crippen molar-refractivity contribution < 1.29 is 14.0 Å². The highest BCUT2D eigenvalue weighted by Gasteiger charge is 2.29. The molecule has 5 nitrogen and oxygen atoms in total. The van der Waals surface area contributed by atoms with Crippen LogP contribution in [0.1, 0.15) is 59.1 Å². The van der Waals surface area contributed by atoms with E-state index in [0.29, 0.717) is 13.0 Å². The van der Waals surface area contributed by atoms with Crippen LogP contribution < -0.4 is 5.32 Å². The molecule has 0 bridgehead atoms. The number of carbonyl (C=O) groups excluding carboxylic acids is 2. The topological polar surface area (TPSA) is 62.3 Å². The van der Waals surface area contributed by atoms with Crippen LogP contribution in [0.2, 0.25) is 0 Å². The van der Waals surface area contributed by atoms with Crippen LogP contribution in [0.4, 0.5) is 4.39 Å². The average Bonchev–Trinajstić information content (AvgIpc) is 3.49. The van der Waals surface area contributed by atoms with E-state index < -0.39 is 0 Å². The van der Waals surface area contributed by atoms with Gasteiger partial charge in [0.1, 0.15) is 10.8 Å². The number of rotatable bonds is 8. The van der Waals surface area contributed by atoms with Crippen molar-refractivity contribution in [2.75, 3.05) is 6.54 Å². The number of nitrogens with one attached hydrogen (secondary N) is 1. The Morgan fingerprint density at radius 3 is 2.82 bits per heavy atom. The monoisotopic (exact) mass is 465 g/mol. The average molecular weight is 466 g/mol. The Morgan fingerprint density at radius 2 is 2.00 bits per heavy atom. The molecule has 1 unspecified atom stereocenters. The van der Waals surface area contributed by atoms with E-state index in [1.807, 2.05) is 35.4 Å². The predicted molar refractivity (Wildman–Crippen MR) is 127 cm³/mol. The van der Waals surface area contributed by atoms with Gasteiger partial charge in [-0.1, -0.05) is 36.4 Å². The molecule has 2 heterocycles. The van der Waals surface area contributed by atoms with Gasteiger partial charge >= 0.3 is 0 Å². The second-order valence-electron chi connectivity index (χ2n) is 8.41. The van der Waals surface area contributed by atoms with Crippen molar-refractivity contribution in [3.05, 3.63) is 87.1 Å². The number of likely N-dealkylation sites (tertiary alicyclic amines) is 1. The molecule has 7 heteroatoms. The molecule has 3 aromatic rings. The molecule has 2 amide bonds. The summed E-state index contributed by atoms with van der Waals surface area (Å²) in [5, 5.41) is 5.59. The fourth-order valence-electron chi connectivity index (χ4n) is 4.25. The van der Waals surface area contributed by atoms with Crippen molar-refractivity contribution in [2.24, 2.45) is 0 Å². The maximum Gasteiger partial charge on any atom is 0.223 e. The lowest BCUT2D eigenvalue weighted by molar-refractivity contribution is -0.134. The van der Waals surface area contributed by atoms with Crippen molar-refractivity contribution in [2.45, 2.75) is 51.6 Å². The van der Waals surface area contributed by atoms with E-state index in [1.54, 1.807) is 6.07 Å². The van der Waals surface area contributed by atoms with Crippen LogP contribution in [0.3, 0.4) is 0 Å². The molecule has 2 aromatic carbocycles.